The summed E-state index contributed by atoms with van der Waals surface area (Å²) in [5, 5.41) is 40.5. The van der Waals surface area contributed by atoms with Crippen molar-refractivity contribution in [3.63, 3.8) is 0 Å². The number of hydrogen-bond donors (Lipinski definition) is 5. The summed E-state index contributed by atoms with van der Waals surface area (Å²) in [5.74, 6) is -1.10. The number of ether oxygens (including phenoxy) is 3. The van der Waals surface area contributed by atoms with Crippen LogP contribution in [-0.2, 0) is 31.9 Å². The molecule has 2 aliphatic heterocycles. The number of rotatable bonds is 10. The topological polar surface area (TPSA) is 185 Å². The number of amides is 2. The molecule has 204 valence electrons. The average Bonchev–Trinajstić information content (AvgIpc) is 3.21. The molecular formula is C25H28N2O10S. The molecule has 0 saturated carbocycles. The van der Waals surface area contributed by atoms with Crippen molar-refractivity contribution < 1.29 is 49.0 Å². The molecule has 0 aliphatic carbocycles. The van der Waals surface area contributed by atoms with E-state index in [2.05, 4.69) is 10.3 Å². The second kappa shape index (κ2) is 12.2. The lowest BCUT2D eigenvalue weighted by atomic mass is 9.99. The van der Waals surface area contributed by atoms with Gasteiger partial charge in [0.05, 0.1) is 18.0 Å². The minimum atomic E-state index is -1.79. The smallest absolute Gasteiger partial charge is 0.335 e. The Hall–Kier alpha value is -3.07. The monoisotopic (exact) mass is 548 g/mol. The van der Waals surface area contributed by atoms with Crippen molar-refractivity contribution in [1.29, 1.82) is 0 Å². The fourth-order valence-electron chi connectivity index (χ4n) is 4.01. The number of carbonyl (C=O) groups is 3. The van der Waals surface area contributed by atoms with Gasteiger partial charge in [0, 0.05) is 18.3 Å². The molecule has 7 atom stereocenters. The number of pyridine rings is 1. The van der Waals surface area contributed by atoms with E-state index in [4.69, 9.17) is 19.3 Å². The van der Waals surface area contributed by atoms with Gasteiger partial charge in [-0.25, -0.2) is 4.79 Å². The molecule has 13 heteroatoms. The van der Waals surface area contributed by atoms with Gasteiger partial charge in [-0.3, -0.25) is 19.9 Å². The maximum Gasteiger partial charge on any atom is 0.335 e. The third kappa shape index (κ3) is 6.67. The first kappa shape index (κ1) is 28.0. The van der Waals surface area contributed by atoms with Crippen molar-refractivity contribution in [3.8, 4) is 5.75 Å². The van der Waals surface area contributed by atoms with Crippen molar-refractivity contribution in [1.82, 2.24) is 10.3 Å². The van der Waals surface area contributed by atoms with Gasteiger partial charge in [-0.1, -0.05) is 30.0 Å². The van der Waals surface area contributed by atoms with Crippen LogP contribution in [0.1, 0.15) is 29.8 Å². The first-order chi connectivity index (χ1) is 18.1. The second-order valence-corrected chi connectivity index (χ2v) is 10.1. The molecule has 0 radical (unpaired) electrons. The van der Waals surface area contributed by atoms with Crippen molar-refractivity contribution in [3.05, 3.63) is 59.4 Å². The van der Waals surface area contributed by atoms with Gasteiger partial charge in [0.25, 0.3) is 5.24 Å². The van der Waals surface area contributed by atoms with Gasteiger partial charge in [-0.15, -0.1) is 0 Å². The van der Waals surface area contributed by atoms with Crippen LogP contribution in [-0.4, -0.2) is 85.1 Å². The van der Waals surface area contributed by atoms with Crippen LogP contribution in [0.15, 0.2) is 42.6 Å². The average molecular weight is 549 g/mol. The largest absolute Gasteiger partial charge is 0.493 e. The first-order valence-electron chi connectivity index (χ1n) is 11.9. The number of hydrogen-bond acceptors (Lipinski definition) is 11. The van der Waals surface area contributed by atoms with Crippen molar-refractivity contribution >= 4 is 28.9 Å². The zero-order valence-corrected chi connectivity index (χ0v) is 21.1. The van der Waals surface area contributed by atoms with Crippen molar-refractivity contribution in [2.24, 2.45) is 0 Å². The van der Waals surface area contributed by atoms with Crippen LogP contribution in [0.25, 0.3) is 0 Å². The maximum absolute atomic E-state index is 11.7. The Morgan fingerprint density at radius 1 is 1.11 bits per heavy atom. The summed E-state index contributed by atoms with van der Waals surface area (Å²) in [6.07, 6.45) is -6.46. The zero-order valence-electron chi connectivity index (χ0n) is 20.3. The Morgan fingerprint density at radius 2 is 1.84 bits per heavy atom. The van der Waals surface area contributed by atoms with E-state index in [-0.39, 0.29) is 11.1 Å². The number of nitrogens with zero attached hydrogens (tertiary/aromatic N) is 1. The lowest BCUT2D eigenvalue weighted by Gasteiger charge is -2.39. The van der Waals surface area contributed by atoms with Crippen molar-refractivity contribution in [2.45, 2.75) is 61.8 Å². The minimum Gasteiger partial charge on any atom is -0.493 e. The van der Waals surface area contributed by atoms with Gasteiger partial charge in [-0.2, -0.15) is 0 Å². The quantitative estimate of drug-likeness (QED) is 0.278. The van der Waals surface area contributed by atoms with Gasteiger partial charge in [-0.05, 0) is 42.7 Å². The highest BCUT2D eigenvalue weighted by Crippen LogP contribution is 2.28. The molecule has 2 amide bonds. The third-order valence-electron chi connectivity index (χ3n) is 6.21. The fraction of sp³-hybridized carbons (Fsp3) is 0.440. The molecule has 2 aliphatic rings. The summed E-state index contributed by atoms with van der Waals surface area (Å²) >= 11 is 0.993. The van der Waals surface area contributed by atoms with Crippen LogP contribution in [0.4, 0.5) is 4.79 Å². The third-order valence-corrected chi connectivity index (χ3v) is 7.19. The molecule has 0 bridgehead atoms. The molecular weight excluding hydrogens is 520 g/mol. The number of thioether (sulfide) groups is 1. The number of carbonyl (C=O) groups excluding carboxylic acids is 2. The van der Waals surface area contributed by atoms with Crippen LogP contribution in [0.3, 0.4) is 0 Å². The predicted molar refractivity (Wildman–Crippen MR) is 132 cm³/mol. The van der Waals surface area contributed by atoms with Crippen LogP contribution in [0.5, 0.6) is 5.75 Å². The zero-order chi connectivity index (χ0) is 27.4. The summed E-state index contributed by atoms with van der Waals surface area (Å²) < 4.78 is 16.5. The van der Waals surface area contributed by atoms with Crippen LogP contribution < -0.4 is 10.1 Å². The number of benzene rings is 1. The Labute approximate surface area is 221 Å². The Morgan fingerprint density at radius 3 is 2.45 bits per heavy atom. The summed E-state index contributed by atoms with van der Waals surface area (Å²) in [7, 11) is 0. The summed E-state index contributed by atoms with van der Waals surface area (Å²) in [4.78, 5) is 38.6. The number of aliphatic hydroxyl groups is 3. The lowest BCUT2D eigenvalue weighted by Crippen LogP contribution is -2.60. The van der Waals surface area contributed by atoms with Crippen LogP contribution in [0.2, 0.25) is 0 Å². The van der Waals surface area contributed by atoms with Crippen molar-refractivity contribution in [2.75, 3.05) is 6.61 Å². The number of aliphatic hydroxyl groups excluding tert-OH is 3. The second-order valence-electron chi connectivity index (χ2n) is 8.93. The van der Waals surface area contributed by atoms with E-state index in [1.165, 1.54) is 0 Å². The Kier molecular flexibility index (Phi) is 8.97. The van der Waals surface area contributed by atoms with Gasteiger partial charge in [0.15, 0.2) is 12.4 Å². The molecule has 1 aromatic heterocycles. The molecule has 0 spiro atoms. The van der Waals surface area contributed by atoms with Gasteiger partial charge < -0.3 is 34.6 Å². The minimum absolute atomic E-state index is 0.273. The number of imide groups is 1. The highest BCUT2D eigenvalue weighted by molar-refractivity contribution is 8.15. The Balaban J connectivity index is 1.24. The van der Waals surface area contributed by atoms with E-state index in [1.54, 1.807) is 37.4 Å². The molecule has 2 fully saturated rings. The van der Waals surface area contributed by atoms with Crippen LogP contribution >= 0.6 is 11.8 Å². The highest BCUT2D eigenvalue weighted by atomic mass is 32.2. The summed E-state index contributed by atoms with van der Waals surface area (Å²) in [5.41, 5.74) is 2.30. The van der Waals surface area contributed by atoms with Crippen LogP contribution in [0, 0.1) is 0 Å². The fourth-order valence-corrected chi connectivity index (χ4v) is 4.87. The molecule has 0 unspecified atom stereocenters. The predicted octanol–water partition coefficient (Wildman–Crippen LogP) is 0.567. The molecule has 3 heterocycles. The molecule has 38 heavy (non-hydrogen) atoms. The van der Waals surface area contributed by atoms with E-state index >= 15 is 0 Å². The normalized spacial score (nSPS) is 28.1. The number of carboxylic acids is 1. The molecule has 1 aromatic carbocycles. The van der Waals surface area contributed by atoms with E-state index in [0.717, 1.165) is 23.0 Å². The Bertz CT molecular complexity index is 1150. The number of aromatic nitrogens is 1. The molecule has 2 saturated heterocycles. The van der Waals surface area contributed by atoms with E-state index in [1.807, 2.05) is 12.1 Å². The summed E-state index contributed by atoms with van der Waals surface area (Å²) in [6.45, 7) is 2.02. The van der Waals surface area contributed by atoms with E-state index < -0.39 is 48.0 Å². The molecule has 2 aromatic rings. The standard InChI is InChI=1S/C25H28N2O10S/c1-12(36-24-20(30)18(28)19(29)21(37-24)23(32)33)14-4-5-15(26-11-14)8-9-35-16-6-2-13(3-7-16)10-17-22(31)27-25(34)38-17/h2-7,11-12,17-21,24,28-30H,8-10H2,1H3,(H,32,33)(H,27,31,34)/t12-,17-,18-,19-,20+,21-,24+/m0/s1. The highest BCUT2D eigenvalue weighted by Gasteiger charge is 2.48. The summed E-state index contributed by atoms with van der Waals surface area (Å²) in [6, 6.07) is 10.9. The molecule has 5 N–H and O–H groups in total. The number of nitrogens with one attached hydrogen (secondary N) is 1. The number of carboxylic acid groups (broad SMARTS) is 1. The molecule has 4 rings (SSSR count). The van der Waals surface area contributed by atoms with Gasteiger partial charge in [0.2, 0.25) is 5.91 Å². The van der Waals surface area contributed by atoms with Gasteiger partial charge in [0.1, 0.15) is 24.1 Å². The van der Waals surface area contributed by atoms with Gasteiger partial charge >= 0.3 is 5.97 Å². The maximum atomic E-state index is 11.7. The molecule has 12 nitrogen and oxygen atoms in total. The lowest BCUT2D eigenvalue weighted by molar-refractivity contribution is -0.304. The number of aliphatic carboxylic acids is 1. The van der Waals surface area contributed by atoms with E-state index in [0.29, 0.717) is 30.8 Å². The van der Waals surface area contributed by atoms with E-state index in [9.17, 15) is 29.7 Å². The SMILES string of the molecule is C[C@H](O[C@@H]1O[C@H](C(=O)O)[C@@H](O)[C@H](O)[C@H]1O)c1ccc(CCOc2ccc(C[C@@H]3SC(=O)NC3=O)cc2)nc1. The first-order valence-corrected chi connectivity index (χ1v) is 12.8.